The van der Waals surface area contributed by atoms with Gasteiger partial charge in [0.1, 0.15) is 0 Å². The third kappa shape index (κ3) is 3.40. The normalized spacial score (nSPS) is 25.5. The summed E-state index contributed by atoms with van der Waals surface area (Å²) in [6.45, 7) is 2.11. The maximum absolute atomic E-state index is 11.8. The van der Waals surface area contributed by atoms with E-state index in [-0.39, 0.29) is 5.69 Å². The number of carbonyl (C=O) groups is 1. The fraction of sp³-hybridized carbons (Fsp3) is 0.562. The van der Waals surface area contributed by atoms with Gasteiger partial charge in [0.15, 0.2) is 0 Å². The fourth-order valence-corrected chi connectivity index (χ4v) is 3.39. The Kier molecular flexibility index (Phi) is 4.60. The van der Waals surface area contributed by atoms with E-state index in [9.17, 15) is 20.0 Å². The highest BCUT2D eigenvalue weighted by Crippen LogP contribution is 2.43. The summed E-state index contributed by atoms with van der Waals surface area (Å²) in [7, 11) is 0. The molecule has 0 radical (unpaired) electrons. The number of carboxylic acid groups (broad SMARTS) is 1. The fourth-order valence-electron chi connectivity index (χ4n) is 3.39. The van der Waals surface area contributed by atoms with E-state index in [2.05, 4.69) is 6.92 Å². The molecule has 0 aromatic heterocycles. The highest BCUT2D eigenvalue weighted by Gasteiger charge is 2.42. The molecule has 1 fully saturated rings. The molecule has 5 heteroatoms. The van der Waals surface area contributed by atoms with Crippen LogP contribution in [0, 0.1) is 21.4 Å². The monoisotopic (exact) mass is 291 g/mol. The average Bonchev–Trinajstić information content (AvgIpc) is 2.47. The zero-order valence-corrected chi connectivity index (χ0v) is 12.2. The van der Waals surface area contributed by atoms with Crippen LogP contribution in [0.25, 0.3) is 0 Å². The Balaban J connectivity index is 2.19. The van der Waals surface area contributed by atoms with Crippen LogP contribution >= 0.6 is 0 Å². The molecule has 2 rings (SSSR count). The third-order valence-electron chi connectivity index (χ3n) is 4.67. The summed E-state index contributed by atoms with van der Waals surface area (Å²) >= 11 is 0. The molecule has 2 unspecified atom stereocenters. The van der Waals surface area contributed by atoms with Crippen molar-refractivity contribution in [3.05, 3.63) is 39.9 Å². The van der Waals surface area contributed by atoms with Crippen LogP contribution in [0.15, 0.2) is 24.3 Å². The van der Waals surface area contributed by atoms with Crippen LogP contribution in [-0.2, 0) is 11.2 Å². The van der Waals surface area contributed by atoms with Crippen LogP contribution in [0.1, 0.15) is 44.6 Å². The lowest BCUT2D eigenvalue weighted by Gasteiger charge is -2.37. The van der Waals surface area contributed by atoms with Crippen molar-refractivity contribution in [2.45, 2.75) is 45.4 Å². The number of carboxylic acids is 1. The van der Waals surface area contributed by atoms with Crippen molar-refractivity contribution in [2.75, 3.05) is 0 Å². The number of nitrogens with zero attached hydrogens (tertiary/aromatic N) is 1. The number of benzene rings is 1. The van der Waals surface area contributed by atoms with Gasteiger partial charge in [0, 0.05) is 12.1 Å². The number of nitro groups is 1. The first-order valence-electron chi connectivity index (χ1n) is 7.43. The van der Waals surface area contributed by atoms with Crippen LogP contribution in [-0.4, -0.2) is 16.0 Å². The van der Waals surface area contributed by atoms with Crippen LogP contribution in [0.4, 0.5) is 5.69 Å². The predicted octanol–water partition coefficient (Wildman–Crippen LogP) is 3.81. The molecule has 21 heavy (non-hydrogen) atoms. The molecule has 1 saturated carbocycles. The summed E-state index contributed by atoms with van der Waals surface area (Å²) in [6, 6.07) is 6.26. The first kappa shape index (κ1) is 15.5. The van der Waals surface area contributed by atoms with Crippen molar-refractivity contribution < 1.29 is 14.8 Å². The molecule has 0 spiro atoms. The number of hydrogen-bond donors (Lipinski definition) is 1. The molecule has 1 aliphatic rings. The molecule has 1 N–H and O–H groups in total. The van der Waals surface area contributed by atoms with Crippen LogP contribution in [0.2, 0.25) is 0 Å². The summed E-state index contributed by atoms with van der Waals surface area (Å²) in [5, 5.41) is 20.4. The van der Waals surface area contributed by atoms with Gasteiger partial charge in [-0.25, -0.2) is 0 Å². The highest BCUT2D eigenvalue weighted by molar-refractivity contribution is 5.75. The Bertz CT molecular complexity index is 526. The van der Waals surface area contributed by atoms with Crippen molar-refractivity contribution in [3.63, 3.8) is 0 Å². The minimum absolute atomic E-state index is 0.0400. The van der Waals surface area contributed by atoms with Gasteiger partial charge in [0.2, 0.25) is 0 Å². The topological polar surface area (TPSA) is 80.4 Å². The molecule has 1 aromatic rings. The minimum Gasteiger partial charge on any atom is -0.481 e. The van der Waals surface area contributed by atoms with E-state index >= 15 is 0 Å². The standard InChI is InChI=1S/C16H21NO4/c1-2-12-4-3-9-16(10-12,15(18)19)11-13-5-7-14(8-6-13)17(20)21/h5-8,12H,2-4,9-11H2,1H3,(H,18,19). The molecule has 5 nitrogen and oxygen atoms in total. The molecule has 1 aromatic carbocycles. The molecule has 0 saturated heterocycles. The van der Waals surface area contributed by atoms with E-state index in [1.165, 1.54) is 12.1 Å². The number of hydrogen-bond acceptors (Lipinski definition) is 3. The van der Waals surface area contributed by atoms with Crippen molar-refractivity contribution >= 4 is 11.7 Å². The van der Waals surface area contributed by atoms with Crippen molar-refractivity contribution in [2.24, 2.45) is 11.3 Å². The van der Waals surface area contributed by atoms with Gasteiger partial charge >= 0.3 is 5.97 Å². The van der Waals surface area contributed by atoms with E-state index in [0.29, 0.717) is 25.2 Å². The van der Waals surface area contributed by atoms with Gasteiger partial charge in [-0.1, -0.05) is 38.3 Å². The maximum Gasteiger partial charge on any atom is 0.309 e. The van der Waals surface area contributed by atoms with Gasteiger partial charge in [0.25, 0.3) is 5.69 Å². The summed E-state index contributed by atoms with van der Waals surface area (Å²) in [6.07, 6.45) is 4.90. The second-order valence-corrected chi connectivity index (χ2v) is 6.06. The number of nitro benzene ring substituents is 1. The summed E-state index contributed by atoms with van der Waals surface area (Å²) < 4.78 is 0. The van der Waals surface area contributed by atoms with E-state index in [1.807, 2.05) is 0 Å². The molecule has 0 bridgehead atoms. The zero-order valence-electron chi connectivity index (χ0n) is 12.2. The zero-order chi connectivity index (χ0) is 15.5. The molecular formula is C16H21NO4. The third-order valence-corrected chi connectivity index (χ3v) is 4.67. The van der Waals surface area contributed by atoms with Gasteiger partial charge in [-0.3, -0.25) is 14.9 Å². The summed E-state index contributed by atoms with van der Waals surface area (Å²) in [4.78, 5) is 22.0. The SMILES string of the molecule is CCC1CCCC(Cc2ccc([N+](=O)[O-])cc2)(C(=O)O)C1. The smallest absolute Gasteiger partial charge is 0.309 e. The number of rotatable bonds is 5. The van der Waals surface area contributed by atoms with Crippen molar-refractivity contribution in [3.8, 4) is 0 Å². The average molecular weight is 291 g/mol. The summed E-state index contributed by atoms with van der Waals surface area (Å²) in [5.74, 6) is -0.271. The molecular weight excluding hydrogens is 270 g/mol. The molecule has 2 atom stereocenters. The molecule has 0 heterocycles. The van der Waals surface area contributed by atoms with E-state index < -0.39 is 16.3 Å². The number of non-ortho nitro benzene ring substituents is 1. The quantitative estimate of drug-likeness (QED) is 0.660. The molecule has 0 aliphatic heterocycles. The van der Waals surface area contributed by atoms with Gasteiger partial charge < -0.3 is 5.11 Å². The Labute approximate surface area is 124 Å². The molecule has 114 valence electrons. The Morgan fingerprint density at radius 2 is 2.10 bits per heavy atom. The first-order chi connectivity index (χ1) is 9.97. The predicted molar refractivity (Wildman–Crippen MR) is 79.1 cm³/mol. The van der Waals surface area contributed by atoms with Crippen LogP contribution in [0.5, 0.6) is 0 Å². The van der Waals surface area contributed by atoms with Crippen LogP contribution in [0.3, 0.4) is 0 Å². The minimum atomic E-state index is -0.737. The van der Waals surface area contributed by atoms with E-state index in [4.69, 9.17) is 0 Å². The van der Waals surface area contributed by atoms with Crippen molar-refractivity contribution in [1.29, 1.82) is 0 Å². The van der Waals surface area contributed by atoms with Gasteiger partial charge in [-0.05, 0) is 30.7 Å². The lowest BCUT2D eigenvalue weighted by Crippen LogP contribution is -2.38. The number of aliphatic carboxylic acids is 1. The van der Waals surface area contributed by atoms with Gasteiger partial charge in [-0.2, -0.15) is 0 Å². The lowest BCUT2D eigenvalue weighted by atomic mass is 9.66. The van der Waals surface area contributed by atoms with E-state index in [1.54, 1.807) is 12.1 Å². The van der Waals surface area contributed by atoms with Gasteiger partial charge in [0.05, 0.1) is 10.3 Å². The Morgan fingerprint density at radius 3 is 2.62 bits per heavy atom. The maximum atomic E-state index is 11.8. The van der Waals surface area contributed by atoms with Crippen molar-refractivity contribution in [1.82, 2.24) is 0 Å². The summed E-state index contributed by atoms with van der Waals surface area (Å²) in [5.41, 5.74) is 0.188. The second kappa shape index (κ2) is 6.24. The van der Waals surface area contributed by atoms with E-state index in [0.717, 1.165) is 24.8 Å². The van der Waals surface area contributed by atoms with Gasteiger partial charge in [-0.15, -0.1) is 0 Å². The largest absolute Gasteiger partial charge is 0.481 e. The first-order valence-corrected chi connectivity index (χ1v) is 7.43. The van der Waals surface area contributed by atoms with Crippen LogP contribution < -0.4 is 0 Å². The Morgan fingerprint density at radius 1 is 1.43 bits per heavy atom. The molecule has 1 aliphatic carbocycles. The lowest BCUT2D eigenvalue weighted by molar-refractivity contribution is -0.384. The highest BCUT2D eigenvalue weighted by atomic mass is 16.6. The molecule has 0 amide bonds. The second-order valence-electron chi connectivity index (χ2n) is 6.06. The Hall–Kier alpha value is -1.91.